The van der Waals surface area contributed by atoms with E-state index in [1.807, 2.05) is 0 Å². The summed E-state index contributed by atoms with van der Waals surface area (Å²) < 4.78 is 0. The first kappa shape index (κ1) is 20.4. The van der Waals surface area contributed by atoms with Crippen molar-refractivity contribution in [1.82, 2.24) is 0 Å². The molecule has 0 aromatic carbocycles. The zero-order valence-electron chi connectivity index (χ0n) is 13.1. The standard InChI is InChI=1S/C16H30O2Se2/c1-3-5-9-15(17)11-7-13-19-20-14-8-12-16(18)10-6-4-2/h3-14H2,1-2H3. The van der Waals surface area contributed by atoms with Gasteiger partial charge in [-0.2, -0.15) is 0 Å². The maximum atomic E-state index is 11.5. The van der Waals surface area contributed by atoms with Crippen molar-refractivity contribution in [3.8, 4) is 0 Å². The first-order valence-electron chi connectivity index (χ1n) is 7.98. The predicted octanol–water partition coefficient (Wildman–Crippen LogP) is 4.23. The molecule has 0 saturated carbocycles. The minimum absolute atomic E-state index is 0.455. The first-order chi connectivity index (χ1) is 9.70. The maximum absolute atomic E-state index is 11.5. The molecular formula is C16H30O2Se2. The Kier molecular flexibility index (Phi) is 16.1. The third kappa shape index (κ3) is 14.8. The zero-order valence-corrected chi connectivity index (χ0v) is 16.5. The number of carbonyl (C=O) groups is 2. The topological polar surface area (TPSA) is 34.1 Å². The van der Waals surface area contributed by atoms with Crippen molar-refractivity contribution in [2.24, 2.45) is 0 Å². The van der Waals surface area contributed by atoms with Crippen LogP contribution in [-0.2, 0) is 9.59 Å². The van der Waals surface area contributed by atoms with E-state index in [0.29, 0.717) is 11.6 Å². The fourth-order valence-electron chi connectivity index (χ4n) is 1.77. The van der Waals surface area contributed by atoms with Crippen molar-refractivity contribution >= 4 is 37.8 Å². The van der Waals surface area contributed by atoms with Gasteiger partial charge in [-0.25, -0.2) is 0 Å². The number of hydrogen-bond acceptors (Lipinski definition) is 2. The molecule has 0 spiro atoms. The van der Waals surface area contributed by atoms with Gasteiger partial charge < -0.3 is 0 Å². The summed E-state index contributed by atoms with van der Waals surface area (Å²) in [5, 5.41) is 2.52. The van der Waals surface area contributed by atoms with E-state index in [-0.39, 0.29) is 0 Å². The molecule has 118 valence electrons. The van der Waals surface area contributed by atoms with E-state index in [4.69, 9.17) is 0 Å². The van der Waals surface area contributed by atoms with Gasteiger partial charge in [0.1, 0.15) is 0 Å². The number of rotatable bonds is 15. The molecule has 0 atom stereocenters. The second-order valence-corrected chi connectivity index (χ2v) is 13.0. The second kappa shape index (κ2) is 15.8. The van der Waals surface area contributed by atoms with Crippen LogP contribution in [0.25, 0.3) is 0 Å². The first-order valence-corrected chi connectivity index (χ1v) is 14.7. The Labute approximate surface area is 136 Å². The molecular weight excluding hydrogens is 382 g/mol. The predicted molar refractivity (Wildman–Crippen MR) is 88.7 cm³/mol. The Balaban J connectivity index is 3.20. The van der Waals surface area contributed by atoms with E-state index in [0.717, 1.165) is 90.5 Å². The SMILES string of the molecule is CCCCC(=O)CCC[Se][Se]CCCC(=O)CCCC. The monoisotopic (exact) mass is 414 g/mol. The van der Waals surface area contributed by atoms with Crippen LogP contribution in [0.15, 0.2) is 0 Å². The van der Waals surface area contributed by atoms with E-state index >= 15 is 0 Å². The summed E-state index contributed by atoms with van der Waals surface area (Å²) >= 11 is 1.48. The van der Waals surface area contributed by atoms with Crippen molar-refractivity contribution in [2.75, 3.05) is 0 Å². The van der Waals surface area contributed by atoms with Crippen LogP contribution in [0.2, 0.25) is 10.6 Å². The Morgan fingerprint density at radius 3 is 1.35 bits per heavy atom. The molecule has 0 aromatic rings. The molecule has 0 aliphatic heterocycles. The van der Waals surface area contributed by atoms with E-state index in [1.54, 1.807) is 0 Å². The van der Waals surface area contributed by atoms with E-state index < -0.39 is 0 Å². The van der Waals surface area contributed by atoms with Gasteiger partial charge in [0.05, 0.1) is 0 Å². The zero-order chi connectivity index (χ0) is 15.1. The molecule has 0 heterocycles. The molecule has 0 radical (unpaired) electrons. The summed E-state index contributed by atoms with van der Waals surface area (Å²) in [4.78, 5) is 22.9. The van der Waals surface area contributed by atoms with Crippen LogP contribution < -0.4 is 0 Å². The Morgan fingerprint density at radius 2 is 1.00 bits per heavy atom. The van der Waals surface area contributed by atoms with Crippen molar-refractivity contribution in [1.29, 1.82) is 0 Å². The molecule has 0 fully saturated rings. The molecule has 0 unspecified atom stereocenters. The van der Waals surface area contributed by atoms with Crippen molar-refractivity contribution in [3.63, 3.8) is 0 Å². The molecule has 4 heteroatoms. The number of Topliss-reactive ketones (excluding diaryl/α,β-unsaturated/α-hetero) is 2. The van der Waals surface area contributed by atoms with Gasteiger partial charge in [0, 0.05) is 0 Å². The van der Waals surface area contributed by atoms with Gasteiger partial charge in [-0.1, -0.05) is 0 Å². The number of ketones is 2. The van der Waals surface area contributed by atoms with E-state index in [1.165, 1.54) is 10.6 Å². The quantitative estimate of drug-likeness (QED) is 0.298. The molecule has 20 heavy (non-hydrogen) atoms. The number of unbranched alkanes of at least 4 members (excludes halogenated alkanes) is 2. The van der Waals surface area contributed by atoms with E-state index in [9.17, 15) is 9.59 Å². The Bertz CT molecular complexity index is 229. The Hall–Kier alpha value is 0.379. The summed E-state index contributed by atoms with van der Waals surface area (Å²) in [6.45, 7) is 4.26. The summed E-state index contributed by atoms with van der Waals surface area (Å²) in [5.74, 6) is 0.911. The van der Waals surface area contributed by atoms with Gasteiger partial charge in [-0.05, 0) is 0 Å². The molecule has 0 saturated heterocycles. The van der Waals surface area contributed by atoms with Gasteiger partial charge in [0.2, 0.25) is 0 Å². The van der Waals surface area contributed by atoms with Gasteiger partial charge in [0.25, 0.3) is 0 Å². The van der Waals surface area contributed by atoms with Crippen LogP contribution in [-0.4, -0.2) is 37.8 Å². The summed E-state index contributed by atoms with van der Waals surface area (Å²) in [7, 11) is 0. The van der Waals surface area contributed by atoms with Crippen molar-refractivity contribution in [3.05, 3.63) is 0 Å². The molecule has 0 amide bonds. The van der Waals surface area contributed by atoms with Gasteiger partial charge >= 0.3 is 136 Å². The van der Waals surface area contributed by atoms with Crippen LogP contribution in [0, 0.1) is 0 Å². The molecule has 2 nitrogen and oxygen atoms in total. The van der Waals surface area contributed by atoms with Crippen molar-refractivity contribution in [2.45, 2.75) is 88.7 Å². The minimum atomic E-state index is 0.455. The van der Waals surface area contributed by atoms with Gasteiger partial charge in [-0.3, -0.25) is 0 Å². The molecule has 0 N–H and O–H groups in total. The molecule has 0 rings (SSSR count). The van der Waals surface area contributed by atoms with Crippen LogP contribution in [0.1, 0.15) is 78.1 Å². The average molecular weight is 412 g/mol. The van der Waals surface area contributed by atoms with Gasteiger partial charge in [-0.15, -0.1) is 0 Å². The van der Waals surface area contributed by atoms with Crippen LogP contribution in [0.3, 0.4) is 0 Å². The second-order valence-electron chi connectivity index (χ2n) is 5.14. The van der Waals surface area contributed by atoms with Crippen LogP contribution in [0.5, 0.6) is 0 Å². The molecule has 0 aliphatic rings. The number of hydrogen-bond donors (Lipinski definition) is 0. The number of carbonyl (C=O) groups excluding carboxylic acids is 2. The third-order valence-electron chi connectivity index (χ3n) is 3.07. The van der Waals surface area contributed by atoms with Gasteiger partial charge in [0.15, 0.2) is 0 Å². The molecule has 0 aromatic heterocycles. The fourth-order valence-corrected chi connectivity index (χ4v) is 8.51. The van der Waals surface area contributed by atoms with E-state index in [2.05, 4.69) is 13.8 Å². The molecule has 0 bridgehead atoms. The summed E-state index contributed by atoms with van der Waals surface area (Å²) in [6.07, 6.45) is 9.72. The summed E-state index contributed by atoms with van der Waals surface area (Å²) in [5.41, 5.74) is 0. The summed E-state index contributed by atoms with van der Waals surface area (Å²) in [6, 6.07) is 0. The van der Waals surface area contributed by atoms with Crippen molar-refractivity contribution < 1.29 is 9.59 Å². The average Bonchev–Trinajstić information content (AvgIpc) is 2.45. The van der Waals surface area contributed by atoms with Crippen LogP contribution in [0.4, 0.5) is 0 Å². The fraction of sp³-hybridized carbons (Fsp3) is 0.875. The molecule has 0 aliphatic carbocycles. The third-order valence-corrected chi connectivity index (χ3v) is 10.8. The van der Waals surface area contributed by atoms with Crippen LogP contribution >= 0.6 is 0 Å². The normalized spacial score (nSPS) is 10.7. The Morgan fingerprint density at radius 1 is 0.650 bits per heavy atom.